The summed E-state index contributed by atoms with van der Waals surface area (Å²) in [5, 5.41) is 0. The lowest BCUT2D eigenvalue weighted by atomic mass is 10.1. The molecule has 0 bridgehead atoms. The molecule has 0 fully saturated rings. The van der Waals surface area contributed by atoms with Gasteiger partial charge in [-0.1, -0.05) is 48.6 Å². The molecule has 0 saturated carbocycles. The average molecular weight is 295 g/mol. The summed E-state index contributed by atoms with van der Waals surface area (Å²) < 4.78 is 1.99. The van der Waals surface area contributed by atoms with Crippen LogP contribution in [0.15, 0.2) is 67.3 Å². The van der Waals surface area contributed by atoms with E-state index in [2.05, 4.69) is 47.5 Å². The molecule has 0 aliphatic heterocycles. The van der Waals surface area contributed by atoms with Gasteiger partial charge in [0.15, 0.2) is 0 Å². The number of aromatic nitrogens is 2. The van der Waals surface area contributed by atoms with E-state index in [1.165, 1.54) is 0 Å². The highest BCUT2D eigenvalue weighted by molar-refractivity contribution is 6.17. The summed E-state index contributed by atoms with van der Waals surface area (Å²) in [5.41, 5.74) is 4.54. The van der Waals surface area contributed by atoms with Crippen LogP contribution in [-0.4, -0.2) is 9.55 Å². The number of halogens is 1. The number of nitrogens with zero attached hydrogens (tertiary/aromatic N) is 2. The molecule has 3 rings (SSSR count). The average Bonchev–Trinajstić information content (AvgIpc) is 3.08. The van der Waals surface area contributed by atoms with Crippen molar-refractivity contribution < 1.29 is 0 Å². The van der Waals surface area contributed by atoms with Gasteiger partial charge in [0.05, 0.1) is 6.33 Å². The van der Waals surface area contributed by atoms with Gasteiger partial charge < -0.3 is 4.57 Å². The molecule has 0 amide bonds. The molecular weight excluding hydrogens is 280 g/mol. The van der Waals surface area contributed by atoms with Crippen LogP contribution in [0.3, 0.4) is 0 Å². The molecule has 21 heavy (non-hydrogen) atoms. The summed E-state index contributed by atoms with van der Waals surface area (Å²) in [5.74, 6) is 0.539. The Balaban J connectivity index is 1.84. The Morgan fingerprint density at radius 3 is 2.48 bits per heavy atom. The minimum absolute atomic E-state index is 0.539. The van der Waals surface area contributed by atoms with Gasteiger partial charge in [0.2, 0.25) is 0 Å². The first-order valence-electron chi connectivity index (χ1n) is 6.76. The largest absolute Gasteiger partial charge is 0.306 e. The van der Waals surface area contributed by atoms with Crippen LogP contribution in [-0.2, 0) is 5.88 Å². The molecule has 1 aromatic heterocycles. The summed E-state index contributed by atoms with van der Waals surface area (Å²) in [7, 11) is 0. The fraction of sp³-hybridized carbons (Fsp3) is 0.0556. The molecular formula is C18H15ClN2. The molecule has 104 valence electrons. The van der Waals surface area contributed by atoms with E-state index >= 15 is 0 Å². The summed E-state index contributed by atoms with van der Waals surface area (Å²) in [6, 6.07) is 16.6. The molecule has 2 nitrogen and oxygen atoms in total. The highest BCUT2D eigenvalue weighted by atomic mass is 35.5. The third-order valence-electron chi connectivity index (χ3n) is 3.25. The molecule has 1 heterocycles. The van der Waals surface area contributed by atoms with Gasteiger partial charge in [-0.15, -0.1) is 11.6 Å². The van der Waals surface area contributed by atoms with Crippen LogP contribution < -0.4 is 0 Å². The zero-order valence-electron chi connectivity index (χ0n) is 11.5. The van der Waals surface area contributed by atoms with Crippen LogP contribution in [0.25, 0.3) is 17.8 Å². The van der Waals surface area contributed by atoms with E-state index < -0.39 is 0 Å². The van der Waals surface area contributed by atoms with Crippen molar-refractivity contribution in [1.29, 1.82) is 0 Å². The first-order chi connectivity index (χ1) is 10.3. The fourth-order valence-electron chi connectivity index (χ4n) is 2.17. The minimum Gasteiger partial charge on any atom is -0.306 e. The molecule has 0 aliphatic carbocycles. The van der Waals surface area contributed by atoms with Crippen LogP contribution >= 0.6 is 11.6 Å². The molecule has 0 atom stereocenters. The third kappa shape index (κ3) is 3.41. The zero-order valence-corrected chi connectivity index (χ0v) is 12.2. The van der Waals surface area contributed by atoms with Crippen molar-refractivity contribution in [2.45, 2.75) is 5.88 Å². The van der Waals surface area contributed by atoms with E-state index in [0.717, 1.165) is 22.4 Å². The maximum absolute atomic E-state index is 5.86. The van der Waals surface area contributed by atoms with Gasteiger partial charge in [-0.3, -0.25) is 0 Å². The van der Waals surface area contributed by atoms with Crippen LogP contribution in [0.1, 0.15) is 16.7 Å². The number of hydrogen-bond donors (Lipinski definition) is 0. The minimum atomic E-state index is 0.539. The van der Waals surface area contributed by atoms with E-state index in [1.54, 1.807) is 12.5 Å². The number of benzene rings is 2. The van der Waals surface area contributed by atoms with Gasteiger partial charge in [-0.2, -0.15) is 0 Å². The van der Waals surface area contributed by atoms with Gasteiger partial charge in [-0.05, 0) is 28.8 Å². The summed E-state index contributed by atoms with van der Waals surface area (Å²) in [6.45, 7) is 0. The standard InChI is InChI=1S/C18H15ClN2/c19-13-17-5-1-3-15(11-17)7-8-16-4-2-6-18(12-16)21-10-9-20-14-21/h1-12,14H,13H2/b8-7+. The highest BCUT2D eigenvalue weighted by Gasteiger charge is 1.96. The smallest absolute Gasteiger partial charge is 0.0991 e. The quantitative estimate of drug-likeness (QED) is 0.500. The predicted octanol–water partition coefficient (Wildman–Crippen LogP) is 4.78. The van der Waals surface area contributed by atoms with Crippen LogP contribution in [0.4, 0.5) is 0 Å². The Labute approximate surface area is 129 Å². The Hall–Kier alpha value is -2.32. The van der Waals surface area contributed by atoms with Crippen molar-refractivity contribution in [2.24, 2.45) is 0 Å². The fourth-order valence-corrected chi connectivity index (χ4v) is 2.34. The molecule has 0 radical (unpaired) electrons. The van der Waals surface area contributed by atoms with E-state index in [9.17, 15) is 0 Å². The first-order valence-corrected chi connectivity index (χ1v) is 7.30. The third-order valence-corrected chi connectivity index (χ3v) is 3.55. The second kappa shape index (κ2) is 6.42. The van der Waals surface area contributed by atoms with Gasteiger partial charge in [0.1, 0.15) is 0 Å². The molecule has 2 aromatic carbocycles. The van der Waals surface area contributed by atoms with E-state index in [1.807, 2.05) is 29.0 Å². The molecule has 0 aliphatic rings. The Bertz CT molecular complexity index is 745. The Morgan fingerprint density at radius 2 is 1.76 bits per heavy atom. The van der Waals surface area contributed by atoms with Crippen molar-refractivity contribution in [2.75, 3.05) is 0 Å². The molecule has 0 unspecified atom stereocenters. The van der Waals surface area contributed by atoms with Gasteiger partial charge in [0.25, 0.3) is 0 Å². The molecule has 3 aromatic rings. The highest BCUT2D eigenvalue weighted by Crippen LogP contribution is 2.14. The normalized spacial score (nSPS) is 11.1. The number of alkyl halides is 1. The van der Waals surface area contributed by atoms with E-state index in [-0.39, 0.29) is 0 Å². The lowest BCUT2D eigenvalue weighted by Crippen LogP contribution is -1.89. The molecule has 3 heteroatoms. The van der Waals surface area contributed by atoms with Crippen LogP contribution in [0.2, 0.25) is 0 Å². The van der Waals surface area contributed by atoms with Crippen molar-refractivity contribution in [3.8, 4) is 5.69 Å². The monoisotopic (exact) mass is 294 g/mol. The van der Waals surface area contributed by atoms with Crippen molar-refractivity contribution in [3.05, 3.63) is 83.9 Å². The lowest BCUT2D eigenvalue weighted by molar-refractivity contribution is 1.06. The van der Waals surface area contributed by atoms with Gasteiger partial charge >= 0.3 is 0 Å². The van der Waals surface area contributed by atoms with Crippen LogP contribution in [0, 0.1) is 0 Å². The van der Waals surface area contributed by atoms with Crippen molar-refractivity contribution >= 4 is 23.8 Å². The van der Waals surface area contributed by atoms with Crippen LogP contribution in [0.5, 0.6) is 0 Å². The number of rotatable bonds is 4. The Morgan fingerprint density at radius 1 is 1.00 bits per heavy atom. The van der Waals surface area contributed by atoms with Gasteiger partial charge in [-0.25, -0.2) is 4.98 Å². The molecule has 0 spiro atoms. The van der Waals surface area contributed by atoms with E-state index in [4.69, 9.17) is 11.6 Å². The van der Waals surface area contributed by atoms with Crippen molar-refractivity contribution in [3.63, 3.8) is 0 Å². The van der Waals surface area contributed by atoms with Gasteiger partial charge in [0, 0.05) is 24.0 Å². The molecule has 0 N–H and O–H groups in total. The maximum Gasteiger partial charge on any atom is 0.0991 e. The first kappa shape index (κ1) is 13.7. The predicted molar refractivity (Wildman–Crippen MR) is 88.5 cm³/mol. The molecule has 0 saturated heterocycles. The topological polar surface area (TPSA) is 17.8 Å². The second-order valence-corrected chi connectivity index (χ2v) is 5.04. The summed E-state index contributed by atoms with van der Waals surface area (Å²) in [6.07, 6.45) is 9.72. The van der Waals surface area contributed by atoms with E-state index in [0.29, 0.717) is 5.88 Å². The number of hydrogen-bond acceptors (Lipinski definition) is 1. The summed E-state index contributed by atoms with van der Waals surface area (Å²) >= 11 is 5.86. The SMILES string of the molecule is ClCc1cccc(/C=C/c2cccc(-n3ccnc3)c2)c1. The maximum atomic E-state index is 5.86. The summed E-state index contributed by atoms with van der Waals surface area (Å²) in [4.78, 5) is 4.07. The number of imidazole rings is 1. The zero-order chi connectivity index (χ0) is 14.5. The Kier molecular flexibility index (Phi) is 4.17. The lowest BCUT2D eigenvalue weighted by Gasteiger charge is -2.03. The second-order valence-electron chi connectivity index (χ2n) is 4.78. The van der Waals surface area contributed by atoms with Crippen molar-refractivity contribution in [1.82, 2.24) is 9.55 Å².